The molecule has 3 aromatic heterocycles. The number of hydrogen-bond acceptors (Lipinski definition) is 8. The lowest BCUT2D eigenvalue weighted by molar-refractivity contribution is 0.0172. The van der Waals surface area contributed by atoms with E-state index in [2.05, 4.69) is 34.0 Å². The number of fused-ring (bicyclic) bond motifs is 3. The summed E-state index contributed by atoms with van der Waals surface area (Å²) in [5, 5.41) is 0. The van der Waals surface area contributed by atoms with E-state index in [1.807, 2.05) is 70.7 Å². The summed E-state index contributed by atoms with van der Waals surface area (Å²) in [6.45, 7) is 14.1. The highest BCUT2D eigenvalue weighted by molar-refractivity contribution is 5.87. The number of benzene rings is 2. The second kappa shape index (κ2) is 11.5. The molecule has 2 saturated heterocycles. The zero-order chi connectivity index (χ0) is 35.1. The molecule has 12 heteroatoms. The van der Waals surface area contributed by atoms with Gasteiger partial charge in [0.15, 0.2) is 0 Å². The zero-order valence-electron chi connectivity index (χ0n) is 29.7. The number of aromatic amines is 2. The molecule has 50 heavy (non-hydrogen) atoms. The van der Waals surface area contributed by atoms with Crippen molar-refractivity contribution >= 4 is 34.3 Å². The first-order valence-corrected chi connectivity index (χ1v) is 17.5. The fourth-order valence-electron chi connectivity index (χ4n) is 7.43. The number of rotatable bonds is 4. The lowest BCUT2D eigenvalue weighted by atomic mass is 10.0. The van der Waals surface area contributed by atoms with Crippen LogP contribution in [0.3, 0.4) is 0 Å². The van der Waals surface area contributed by atoms with Gasteiger partial charge >= 0.3 is 12.2 Å². The molecular formula is C38H44N8O4. The summed E-state index contributed by atoms with van der Waals surface area (Å²) in [5.41, 5.74) is 5.65. The standard InChI is InChI=1S/C38H44N8O4/c1-20-12-31(45(19-20)35(47)49-37(2,3)4)33-40-18-29(44-33)28-17-39-26-13-21(8-10-24(26)41-28)22-9-11-25-27(14-22)43-34(42-25)32-16-23-15-30(23)46(32)36(48)50-38(5,6)7/h8-11,13-14,17-18,20,23,30-32H,12,15-16,19H2,1-7H3,(H,40,44)(H,42,43)/t20-,23?,30-,31+,32+/m1/s1. The average Bonchev–Trinajstić information content (AvgIpc) is 3.49. The van der Waals surface area contributed by atoms with E-state index in [0.717, 1.165) is 64.0 Å². The normalized spacial score (nSPS) is 23.5. The van der Waals surface area contributed by atoms with Crippen molar-refractivity contribution in [1.82, 2.24) is 39.7 Å². The fourth-order valence-corrected chi connectivity index (χ4v) is 7.43. The zero-order valence-corrected chi connectivity index (χ0v) is 29.7. The molecule has 5 atom stereocenters. The minimum atomic E-state index is -0.569. The predicted octanol–water partition coefficient (Wildman–Crippen LogP) is 7.95. The minimum absolute atomic E-state index is 0.119. The van der Waals surface area contributed by atoms with E-state index < -0.39 is 11.2 Å². The van der Waals surface area contributed by atoms with Crippen LogP contribution in [0.25, 0.3) is 44.6 Å². The predicted molar refractivity (Wildman–Crippen MR) is 189 cm³/mol. The summed E-state index contributed by atoms with van der Waals surface area (Å²) in [7, 11) is 0. The third-order valence-electron chi connectivity index (χ3n) is 9.73. The fraction of sp³-hybridized carbons (Fsp3) is 0.474. The molecule has 0 bridgehead atoms. The second-order valence-electron chi connectivity index (χ2n) is 16.2. The molecule has 0 spiro atoms. The van der Waals surface area contributed by atoms with Crippen molar-refractivity contribution in [3.8, 4) is 22.5 Å². The molecular weight excluding hydrogens is 632 g/mol. The van der Waals surface area contributed by atoms with Gasteiger partial charge < -0.3 is 19.4 Å². The largest absolute Gasteiger partial charge is 0.444 e. The Labute approximate surface area is 291 Å². The summed E-state index contributed by atoms with van der Waals surface area (Å²) in [4.78, 5) is 55.9. The van der Waals surface area contributed by atoms with E-state index in [9.17, 15) is 9.59 Å². The molecule has 1 unspecified atom stereocenters. The number of likely N-dealkylation sites (tertiary alicyclic amines) is 2. The van der Waals surface area contributed by atoms with Crippen LogP contribution in [-0.4, -0.2) is 75.7 Å². The molecule has 2 aromatic carbocycles. The molecule has 5 aromatic rings. The summed E-state index contributed by atoms with van der Waals surface area (Å²) < 4.78 is 11.4. The maximum absolute atomic E-state index is 13.1. The molecule has 0 radical (unpaired) electrons. The highest BCUT2D eigenvalue weighted by Crippen LogP contribution is 2.53. The third-order valence-corrected chi connectivity index (χ3v) is 9.73. The average molecular weight is 677 g/mol. The van der Waals surface area contributed by atoms with Crippen molar-refractivity contribution in [2.45, 2.75) is 97.1 Å². The number of hydrogen-bond donors (Lipinski definition) is 2. The van der Waals surface area contributed by atoms with Crippen LogP contribution in [0.5, 0.6) is 0 Å². The van der Waals surface area contributed by atoms with Crippen LogP contribution in [0.15, 0.2) is 48.8 Å². The number of ether oxygens (including phenoxy) is 2. The molecule has 3 fully saturated rings. The first-order chi connectivity index (χ1) is 23.7. The quantitative estimate of drug-likeness (QED) is 0.195. The van der Waals surface area contributed by atoms with E-state index >= 15 is 0 Å². The Morgan fingerprint density at radius 2 is 1.48 bits per heavy atom. The Kier molecular flexibility index (Phi) is 7.43. The van der Waals surface area contributed by atoms with Crippen LogP contribution < -0.4 is 0 Å². The van der Waals surface area contributed by atoms with Crippen LogP contribution in [0, 0.1) is 11.8 Å². The molecule has 2 N–H and O–H groups in total. The maximum Gasteiger partial charge on any atom is 0.411 e. The molecule has 12 nitrogen and oxygen atoms in total. The number of nitrogens with zero attached hydrogens (tertiary/aromatic N) is 6. The van der Waals surface area contributed by atoms with Gasteiger partial charge in [0.2, 0.25) is 0 Å². The van der Waals surface area contributed by atoms with E-state index in [1.54, 1.807) is 17.3 Å². The van der Waals surface area contributed by atoms with Gasteiger partial charge in [-0.3, -0.25) is 14.8 Å². The number of imidazole rings is 2. The van der Waals surface area contributed by atoms with Crippen molar-refractivity contribution in [3.05, 3.63) is 60.4 Å². The SMILES string of the molecule is C[C@@H]1C[C@@H](c2ncc(-c3cnc4cc(-c5ccc6nc([C@@H]7CC8C[C@H]8N7C(=O)OC(C)(C)C)[nH]c6c5)ccc4n3)[nH]2)N(C(=O)OC(C)(C)C)C1. The molecule has 3 aliphatic rings. The monoisotopic (exact) mass is 676 g/mol. The number of piperidine rings is 1. The van der Waals surface area contributed by atoms with E-state index in [-0.39, 0.29) is 30.3 Å². The summed E-state index contributed by atoms with van der Waals surface area (Å²) in [6, 6.07) is 12.2. The number of nitrogens with one attached hydrogen (secondary N) is 2. The number of carbonyl (C=O) groups is 2. The highest BCUT2D eigenvalue weighted by atomic mass is 16.6. The van der Waals surface area contributed by atoms with Crippen LogP contribution >= 0.6 is 0 Å². The van der Waals surface area contributed by atoms with Gasteiger partial charge in [0.05, 0.1) is 52.2 Å². The first-order valence-electron chi connectivity index (χ1n) is 17.5. The van der Waals surface area contributed by atoms with Gasteiger partial charge in [0.25, 0.3) is 0 Å². The molecule has 2 aliphatic heterocycles. The van der Waals surface area contributed by atoms with Gasteiger partial charge in [-0.2, -0.15) is 0 Å². The molecule has 2 amide bonds. The molecule has 8 rings (SSSR count). The topological polar surface area (TPSA) is 142 Å². The maximum atomic E-state index is 13.1. The van der Waals surface area contributed by atoms with E-state index in [1.165, 1.54) is 0 Å². The third kappa shape index (κ3) is 6.16. The van der Waals surface area contributed by atoms with Gasteiger partial charge in [-0.15, -0.1) is 0 Å². The first kappa shape index (κ1) is 32.2. The van der Waals surface area contributed by atoms with Gasteiger partial charge in [-0.25, -0.2) is 24.5 Å². The number of H-pyrrole nitrogens is 2. The molecule has 1 saturated carbocycles. The van der Waals surface area contributed by atoms with Crippen molar-refractivity contribution in [1.29, 1.82) is 0 Å². The Bertz CT molecular complexity index is 2120. The Morgan fingerprint density at radius 3 is 2.24 bits per heavy atom. The Hall–Kier alpha value is -5.00. The van der Waals surface area contributed by atoms with Crippen molar-refractivity contribution in [2.24, 2.45) is 11.8 Å². The summed E-state index contributed by atoms with van der Waals surface area (Å²) >= 11 is 0. The van der Waals surface area contributed by atoms with E-state index in [4.69, 9.17) is 24.4 Å². The highest BCUT2D eigenvalue weighted by Gasteiger charge is 2.56. The van der Waals surface area contributed by atoms with Crippen molar-refractivity contribution in [3.63, 3.8) is 0 Å². The van der Waals surface area contributed by atoms with Gasteiger partial charge in [0.1, 0.15) is 28.5 Å². The van der Waals surface area contributed by atoms with Crippen LogP contribution in [0.1, 0.15) is 91.5 Å². The Balaban J connectivity index is 1.01. The molecule has 5 heterocycles. The lowest BCUT2D eigenvalue weighted by Gasteiger charge is -2.29. The van der Waals surface area contributed by atoms with Crippen molar-refractivity contribution in [2.75, 3.05) is 6.54 Å². The number of aromatic nitrogens is 6. The number of amides is 2. The second-order valence-corrected chi connectivity index (χ2v) is 16.2. The Morgan fingerprint density at radius 1 is 0.760 bits per heavy atom. The molecule has 260 valence electrons. The smallest absolute Gasteiger partial charge is 0.411 e. The van der Waals surface area contributed by atoms with Crippen LogP contribution in [-0.2, 0) is 9.47 Å². The summed E-state index contributed by atoms with van der Waals surface area (Å²) in [6.07, 6.45) is 5.64. The van der Waals surface area contributed by atoms with Crippen LogP contribution in [0.2, 0.25) is 0 Å². The van der Waals surface area contributed by atoms with Gasteiger partial charge in [-0.1, -0.05) is 19.1 Å². The molecule has 1 aliphatic carbocycles. The minimum Gasteiger partial charge on any atom is -0.444 e. The summed E-state index contributed by atoms with van der Waals surface area (Å²) in [5.74, 6) is 2.36. The van der Waals surface area contributed by atoms with Crippen molar-refractivity contribution < 1.29 is 19.1 Å². The lowest BCUT2D eigenvalue weighted by Crippen LogP contribution is -2.38. The van der Waals surface area contributed by atoms with Gasteiger partial charge in [0, 0.05) is 12.6 Å². The van der Waals surface area contributed by atoms with Gasteiger partial charge in [-0.05, 0) is 108 Å². The number of carbonyl (C=O) groups excluding carboxylic acids is 2. The van der Waals surface area contributed by atoms with E-state index in [0.29, 0.717) is 29.9 Å². The van der Waals surface area contributed by atoms with Crippen LogP contribution in [0.4, 0.5) is 9.59 Å².